The van der Waals surface area contributed by atoms with Crippen molar-refractivity contribution in [1.82, 2.24) is 0 Å². The lowest BCUT2D eigenvalue weighted by Gasteiger charge is -1.95. The highest BCUT2D eigenvalue weighted by Gasteiger charge is 1.87. The third-order valence-electron chi connectivity index (χ3n) is 1.66. The van der Waals surface area contributed by atoms with E-state index in [1.807, 2.05) is 0 Å². The fourth-order valence-electron chi connectivity index (χ4n) is 0.894. The Morgan fingerprint density at radius 1 is 1.45 bits per heavy atom. The van der Waals surface area contributed by atoms with Crippen molar-refractivity contribution in [2.75, 3.05) is 6.61 Å². The van der Waals surface area contributed by atoms with Gasteiger partial charge in [-0.2, -0.15) is 0 Å². The van der Waals surface area contributed by atoms with Crippen molar-refractivity contribution >= 4 is 0 Å². The summed E-state index contributed by atoms with van der Waals surface area (Å²) in [6, 6.07) is 0. The minimum atomic E-state index is 0.121. The van der Waals surface area contributed by atoms with E-state index in [0.717, 1.165) is 12.0 Å². The summed E-state index contributed by atoms with van der Waals surface area (Å²) in [5, 5.41) is 8.74. The molecule has 0 aliphatic heterocycles. The van der Waals surface area contributed by atoms with Crippen LogP contribution in [0.4, 0.5) is 0 Å². The van der Waals surface area contributed by atoms with Crippen LogP contribution in [0.1, 0.15) is 32.6 Å². The molecule has 11 heavy (non-hydrogen) atoms. The van der Waals surface area contributed by atoms with Gasteiger partial charge in [0.25, 0.3) is 0 Å². The van der Waals surface area contributed by atoms with E-state index in [4.69, 9.17) is 5.11 Å². The lowest BCUT2D eigenvalue weighted by molar-refractivity contribution is 0.334. The van der Waals surface area contributed by atoms with Crippen molar-refractivity contribution in [3.63, 3.8) is 0 Å². The molecule has 0 amide bonds. The summed E-state index contributed by atoms with van der Waals surface area (Å²) in [7, 11) is 0. The molecule has 1 heteroatoms. The van der Waals surface area contributed by atoms with Gasteiger partial charge >= 0.3 is 0 Å². The fraction of sp³-hybridized carbons (Fsp3) is 0.600. The molecule has 0 fully saturated rings. The van der Waals surface area contributed by atoms with E-state index in [0.29, 0.717) is 0 Å². The molecule has 0 unspecified atom stereocenters. The lowest BCUT2D eigenvalue weighted by atomic mass is 10.1. The van der Waals surface area contributed by atoms with Gasteiger partial charge in [-0.15, -0.1) is 0 Å². The van der Waals surface area contributed by atoms with Crippen molar-refractivity contribution in [2.24, 2.45) is 0 Å². The van der Waals surface area contributed by atoms with E-state index >= 15 is 0 Å². The topological polar surface area (TPSA) is 20.2 Å². The number of aliphatic hydroxyl groups is 1. The monoisotopic (exact) mass is 154 g/mol. The van der Waals surface area contributed by atoms with Crippen LogP contribution in [0.3, 0.4) is 0 Å². The Kier molecular flexibility index (Phi) is 7.16. The minimum Gasteiger partial charge on any atom is -0.392 e. The molecule has 0 aliphatic carbocycles. The Labute approximate surface area is 69.4 Å². The van der Waals surface area contributed by atoms with Gasteiger partial charge in [0.05, 0.1) is 6.61 Å². The summed E-state index contributed by atoms with van der Waals surface area (Å²) in [6.45, 7) is 5.91. The zero-order valence-electron chi connectivity index (χ0n) is 7.34. The first kappa shape index (κ1) is 10.4. The number of allylic oxidation sites excluding steroid dienone is 1. The number of rotatable bonds is 6. The van der Waals surface area contributed by atoms with Gasteiger partial charge in [-0.25, -0.2) is 0 Å². The summed E-state index contributed by atoms with van der Waals surface area (Å²) in [5.74, 6) is 0. The molecule has 0 saturated heterocycles. The van der Waals surface area contributed by atoms with Gasteiger partial charge in [-0.05, 0) is 18.4 Å². The molecular weight excluding hydrogens is 136 g/mol. The Morgan fingerprint density at radius 3 is 2.64 bits per heavy atom. The maximum Gasteiger partial charge on any atom is 0.0678 e. The largest absolute Gasteiger partial charge is 0.392 e. The third kappa shape index (κ3) is 5.86. The second kappa shape index (κ2) is 7.55. The number of hydrogen-bond donors (Lipinski definition) is 1. The van der Waals surface area contributed by atoms with Crippen LogP contribution in [0.2, 0.25) is 0 Å². The molecule has 0 rings (SSSR count). The normalized spacial score (nSPS) is 11.6. The van der Waals surface area contributed by atoms with Gasteiger partial charge in [0.15, 0.2) is 0 Å². The molecule has 0 aromatic carbocycles. The van der Waals surface area contributed by atoms with Crippen molar-refractivity contribution in [1.29, 1.82) is 0 Å². The van der Waals surface area contributed by atoms with E-state index in [-0.39, 0.29) is 6.61 Å². The molecule has 0 heterocycles. The SMILES string of the molecule is C=C/C(=C/CCCCC)CO. The van der Waals surface area contributed by atoms with Crippen molar-refractivity contribution in [3.05, 3.63) is 24.3 Å². The lowest BCUT2D eigenvalue weighted by Crippen LogP contribution is -1.85. The van der Waals surface area contributed by atoms with E-state index in [2.05, 4.69) is 19.6 Å². The van der Waals surface area contributed by atoms with Gasteiger partial charge in [-0.3, -0.25) is 0 Å². The number of unbranched alkanes of at least 4 members (excludes halogenated alkanes) is 3. The van der Waals surface area contributed by atoms with Crippen LogP contribution in [-0.2, 0) is 0 Å². The zero-order chi connectivity index (χ0) is 8.53. The summed E-state index contributed by atoms with van der Waals surface area (Å²) in [4.78, 5) is 0. The number of aliphatic hydroxyl groups excluding tert-OH is 1. The van der Waals surface area contributed by atoms with Gasteiger partial charge in [0.1, 0.15) is 0 Å². The van der Waals surface area contributed by atoms with Gasteiger partial charge in [0.2, 0.25) is 0 Å². The predicted molar refractivity (Wildman–Crippen MR) is 49.5 cm³/mol. The molecular formula is C10H18O. The summed E-state index contributed by atoms with van der Waals surface area (Å²) < 4.78 is 0. The van der Waals surface area contributed by atoms with Crippen molar-refractivity contribution < 1.29 is 5.11 Å². The molecule has 0 saturated carbocycles. The highest BCUT2D eigenvalue weighted by Crippen LogP contribution is 2.03. The summed E-state index contributed by atoms with van der Waals surface area (Å²) >= 11 is 0. The van der Waals surface area contributed by atoms with Crippen molar-refractivity contribution in [3.8, 4) is 0 Å². The van der Waals surface area contributed by atoms with Crippen LogP contribution in [0.25, 0.3) is 0 Å². The van der Waals surface area contributed by atoms with Crippen LogP contribution in [0, 0.1) is 0 Å². The molecule has 64 valence electrons. The predicted octanol–water partition coefficient (Wildman–Crippen LogP) is 2.67. The van der Waals surface area contributed by atoms with Crippen LogP contribution in [-0.4, -0.2) is 11.7 Å². The Morgan fingerprint density at radius 2 is 2.18 bits per heavy atom. The average Bonchev–Trinajstić information content (AvgIpc) is 2.05. The Bertz CT molecular complexity index is 125. The molecule has 0 spiro atoms. The maximum absolute atomic E-state index is 8.74. The van der Waals surface area contributed by atoms with Crippen LogP contribution in [0.5, 0.6) is 0 Å². The fourth-order valence-corrected chi connectivity index (χ4v) is 0.894. The van der Waals surface area contributed by atoms with E-state index < -0.39 is 0 Å². The Hall–Kier alpha value is -0.560. The van der Waals surface area contributed by atoms with Gasteiger partial charge in [-0.1, -0.05) is 38.5 Å². The van der Waals surface area contributed by atoms with Crippen molar-refractivity contribution in [2.45, 2.75) is 32.6 Å². The van der Waals surface area contributed by atoms with E-state index in [9.17, 15) is 0 Å². The third-order valence-corrected chi connectivity index (χ3v) is 1.66. The zero-order valence-corrected chi connectivity index (χ0v) is 7.34. The summed E-state index contributed by atoms with van der Waals surface area (Å²) in [6.07, 6.45) is 8.57. The van der Waals surface area contributed by atoms with Crippen LogP contribution >= 0.6 is 0 Å². The maximum atomic E-state index is 8.74. The second-order valence-corrected chi connectivity index (χ2v) is 2.64. The molecule has 0 aromatic rings. The quantitative estimate of drug-likeness (QED) is 0.460. The highest BCUT2D eigenvalue weighted by molar-refractivity contribution is 5.15. The van der Waals surface area contributed by atoms with Gasteiger partial charge < -0.3 is 5.11 Å². The summed E-state index contributed by atoms with van der Waals surface area (Å²) in [5.41, 5.74) is 0.945. The molecule has 1 nitrogen and oxygen atoms in total. The minimum absolute atomic E-state index is 0.121. The Balaban J connectivity index is 3.44. The first-order valence-corrected chi connectivity index (χ1v) is 4.27. The molecule has 0 aromatic heterocycles. The molecule has 0 atom stereocenters. The molecule has 0 bridgehead atoms. The number of hydrogen-bond acceptors (Lipinski definition) is 1. The smallest absolute Gasteiger partial charge is 0.0678 e. The average molecular weight is 154 g/mol. The highest BCUT2D eigenvalue weighted by atomic mass is 16.3. The standard InChI is InChI=1S/C10H18O/c1-3-5-6-7-8-10(4-2)9-11/h4,8,11H,2-3,5-7,9H2,1H3/b10-8-. The molecule has 1 N–H and O–H groups in total. The van der Waals surface area contributed by atoms with Crippen LogP contribution in [0.15, 0.2) is 24.3 Å². The van der Waals surface area contributed by atoms with E-state index in [1.165, 1.54) is 19.3 Å². The second-order valence-electron chi connectivity index (χ2n) is 2.64. The van der Waals surface area contributed by atoms with Crippen LogP contribution < -0.4 is 0 Å². The first-order chi connectivity index (χ1) is 5.35. The molecule has 0 aliphatic rings. The first-order valence-electron chi connectivity index (χ1n) is 4.27. The van der Waals surface area contributed by atoms with Gasteiger partial charge in [0, 0.05) is 0 Å². The van der Waals surface area contributed by atoms with E-state index in [1.54, 1.807) is 6.08 Å². The molecule has 0 radical (unpaired) electrons.